The lowest BCUT2D eigenvalue weighted by molar-refractivity contribution is 0.136. The molecule has 23 heavy (non-hydrogen) atoms. The molecule has 2 fully saturated rings. The van der Waals surface area contributed by atoms with E-state index in [9.17, 15) is 0 Å². The maximum atomic E-state index is 2.39. The van der Waals surface area contributed by atoms with Gasteiger partial charge >= 0.3 is 0 Å². The third-order valence-corrected chi connectivity index (χ3v) is 6.92. The zero-order valence-corrected chi connectivity index (χ0v) is 17.6. The van der Waals surface area contributed by atoms with Crippen LogP contribution in [-0.2, 0) is 0 Å². The fourth-order valence-electron chi connectivity index (χ4n) is 5.52. The molecule has 0 amide bonds. The Balaban J connectivity index is 0.000000231. The van der Waals surface area contributed by atoms with Crippen molar-refractivity contribution < 1.29 is 0 Å². The lowest BCUT2D eigenvalue weighted by Crippen LogP contribution is -2.27. The van der Waals surface area contributed by atoms with E-state index in [1.54, 1.807) is 0 Å². The summed E-state index contributed by atoms with van der Waals surface area (Å²) in [6.45, 7) is 19.1. The van der Waals surface area contributed by atoms with Crippen LogP contribution in [0.25, 0.3) is 0 Å². The Labute approximate surface area is 148 Å². The van der Waals surface area contributed by atoms with E-state index in [-0.39, 0.29) is 0 Å². The van der Waals surface area contributed by atoms with Crippen LogP contribution in [0.3, 0.4) is 0 Å². The zero-order valence-electron chi connectivity index (χ0n) is 17.6. The number of hydrogen-bond acceptors (Lipinski definition) is 0. The van der Waals surface area contributed by atoms with Crippen molar-refractivity contribution in [3.05, 3.63) is 0 Å². The van der Waals surface area contributed by atoms with Crippen molar-refractivity contribution in [1.82, 2.24) is 0 Å². The van der Waals surface area contributed by atoms with Crippen LogP contribution in [0.5, 0.6) is 0 Å². The normalized spacial score (nSPS) is 31.8. The Bertz CT molecular complexity index is 269. The van der Waals surface area contributed by atoms with Crippen LogP contribution in [0, 0.1) is 47.3 Å². The van der Waals surface area contributed by atoms with E-state index in [4.69, 9.17) is 0 Å². The van der Waals surface area contributed by atoms with Crippen molar-refractivity contribution in [2.45, 2.75) is 100 Å². The molecule has 0 heteroatoms. The highest BCUT2D eigenvalue weighted by Gasteiger charge is 2.31. The van der Waals surface area contributed by atoms with Gasteiger partial charge in [-0.3, -0.25) is 0 Å². The molecule has 0 bridgehead atoms. The topological polar surface area (TPSA) is 0 Å². The molecule has 2 aliphatic rings. The van der Waals surface area contributed by atoms with Crippen molar-refractivity contribution in [2.75, 3.05) is 0 Å². The summed E-state index contributed by atoms with van der Waals surface area (Å²) in [4.78, 5) is 0. The molecule has 0 N–H and O–H groups in total. The lowest BCUT2D eigenvalue weighted by Gasteiger charge is -2.37. The molecule has 0 aliphatic heterocycles. The molecule has 4 atom stereocenters. The van der Waals surface area contributed by atoms with Crippen LogP contribution in [0.2, 0.25) is 0 Å². The first kappa shape index (κ1) is 21.0. The molecule has 2 saturated carbocycles. The summed E-state index contributed by atoms with van der Waals surface area (Å²) in [6, 6.07) is 0. The van der Waals surface area contributed by atoms with Crippen molar-refractivity contribution >= 4 is 0 Å². The van der Waals surface area contributed by atoms with Crippen molar-refractivity contribution in [1.29, 1.82) is 0 Å². The fourth-order valence-corrected chi connectivity index (χ4v) is 5.52. The van der Waals surface area contributed by atoms with Crippen molar-refractivity contribution in [2.24, 2.45) is 47.3 Å². The second-order valence-electron chi connectivity index (χ2n) is 9.85. The monoisotopic (exact) mass is 322 g/mol. The third-order valence-electron chi connectivity index (χ3n) is 6.92. The molecule has 0 aromatic carbocycles. The zero-order chi connectivity index (χ0) is 17.6. The first-order valence-electron chi connectivity index (χ1n) is 10.8. The molecular weight excluding hydrogens is 276 g/mol. The van der Waals surface area contributed by atoms with E-state index in [1.165, 1.54) is 44.9 Å². The van der Waals surface area contributed by atoms with Gasteiger partial charge < -0.3 is 0 Å². The summed E-state index contributed by atoms with van der Waals surface area (Å²) in [5, 5.41) is 0. The SMILES string of the molecule is CC(C)C1CCCC1C(C)C.CC(C)C1CCCCC1C(C)C. The standard InChI is InChI=1S/C12H24.C11H22/c1-9(2)11-7-5-6-8-12(11)10(3)4;1-8(2)10-6-5-7-11(10)9(3)4/h9-12H,5-8H2,1-4H3;8-11H,5-7H2,1-4H3. The maximum absolute atomic E-state index is 2.39. The van der Waals surface area contributed by atoms with Crippen LogP contribution >= 0.6 is 0 Å². The molecule has 0 nitrogen and oxygen atoms in total. The number of rotatable bonds is 4. The Morgan fingerprint density at radius 3 is 0.826 bits per heavy atom. The summed E-state index contributed by atoms with van der Waals surface area (Å²) in [7, 11) is 0. The Morgan fingerprint density at radius 2 is 0.609 bits per heavy atom. The van der Waals surface area contributed by atoms with Crippen LogP contribution < -0.4 is 0 Å². The van der Waals surface area contributed by atoms with Gasteiger partial charge in [0.15, 0.2) is 0 Å². The van der Waals surface area contributed by atoms with Crippen LogP contribution in [0.15, 0.2) is 0 Å². The second kappa shape index (κ2) is 10.1. The number of hydrogen-bond donors (Lipinski definition) is 0. The third kappa shape index (κ3) is 6.43. The smallest absolute Gasteiger partial charge is 0.0360 e. The Morgan fingerprint density at radius 1 is 0.391 bits per heavy atom. The van der Waals surface area contributed by atoms with Gasteiger partial charge in [-0.2, -0.15) is 0 Å². The summed E-state index contributed by atoms with van der Waals surface area (Å²) in [6.07, 6.45) is 10.4. The molecule has 0 heterocycles. The van der Waals surface area contributed by atoms with Crippen LogP contribution in [0.1, 0.15) is 100 Å². The Hall–Kier alpha value is 0. The van der Waals surface area contributed by atoms with Gasteiger partial charge in [-0.15, -0.1) is 0 Å². The van der Waals surface area contributed by atoms with Gasteiger partial charge in [-0.25, -0.2) is 0 Å². The van der Waals surface area contributed by atoms with Gasteiger partial charge in [0.2, 0.25) is 0 Å². The van der Waals surface area contributed by atoms with E-state index in [2.05, 4.69) is 55.4 Å². The Kier molecular flexibility index (Phi) is 9.24. The minimum absolute atomic E-state index is 0.901. The largest absolute Gasteiger partial charge is 0.0625 e. The van der Waals surface area contributed by atoms with Gasteiger partial charge in [-0.1, -0.05) is 74.7 Å². The summed E-state index contributed by atoms with van der Waals surface area (Å²) in [5.41, 5.74) is 0. The molecule has 2 aliphatic carbocycles. The highest BCUT2D eigenvalue weighted by atomic mass is 14.4. The van der Waals surface area contributed by atoms with Gasteiger partial charge in [0.05, 0.1) is 0 Å². The second-order valence-corrected chi connectivity index (χ2v) is 9.85. The molecule has 0 spiro atoms. The van der Waals surface area contributed by atoms with Crippen LogP contribution in [-0.4, -0.2) is 0 Å². The van der Waals surface area contributed by atoms with Gasteiger partial charge in [-0.05, 0) is 73.0 Å². The predicted molar refractivity (Wildman–Crippen MR) is 106 cm³/mol. The average Bonchev–Trinajstić information content (AvgIpc) is 2.97. The van der Waals surface area contributed by atoms with Gasteiger partial charge in [0.25, 0.3) is 0 Å². The average molecular weight is 323 g/mol. The molecule has 0 aromatic heterocycles. The highest BCUT2D eigenvalue weighted by molar-refractivity contribution is 4.81. The van der Waals surface area contributed by atoms with E-state index in [1.807, 2.05) is 0 Å². The maximum Gasteiger partial charge on any atom is -0.0360 e. The van der Waals surface area contributed by atoms with E-state index in [0.717, 1.165) is 47.3 Å². The molecule has 0 saturated heterocycles. The van der Waals surface area contributed by atoms with Gasteiger partial charge in [0.1, 0.15) is 0 Å². The van der Waals surface area contributed by atoms with E-state index < -0.39 is 0 Å². The van der Waals surface area contributed by atoms with E-state index in [0.29, 0.717) is 0 Å². The first-order chi connectivity index (χ1) is 10.8. The minimum atomic E-state index is 0.901. The molecular formula is C23H46. The first-order valence-corrected chi connectivity index (χ1v) is 10.8. The van der Waals surface area contributed by atoms with E-state index >= 15 is 0 Å². The molecule has 4 unspecified atom stereocenters. The summed E-state index contributed by atoms with van der Waals surface area (Å²) >= 11 is 0. The summed E-state index contributed by atoms with van der Waals surface area (Å²) < 4.78 is 0. The van der Waals surface area contributed by atoms with Crippen molar-refractivity contribution in [3.8, 4) is 0 Å². The molecule has 0 aromatic rings. The van der Waals surface area contributed by atoms with Crippen LogP contribution in [0.4, 0.5) is 0 Å². The van der Waals surface area contributed by atoms with Crippen molar-refractivity contribution in [3.63, 3.8) is 0 Å². The quantitative estimate of drug-likeness (QED) is 0.495. The predicted octanol–water partition coefficient (Wildman–Crippen LogP) is 7.82. The molecule has 2 rings (SSSR count). The summed E-state index contributed by atoms with van der Waals surface area (Å²) in [5.74, 6) is 7.69. The molecule has 0 radical (unpaired) electrons. The highest BCUT2D eigenvalue weighted by Crippen LogP contribution is 2.41. The minimum Gasteiger partial charge on any atom is -0.0625 e. The fraction of sp³-hybridized carbons (Fsp3) is 1.00. The van der Waals surface area contributed by atoms with Gasteiger partial charge in [0, 0.05) is 0 Å². The lowest BCUT2D eigenvalue weighted by atomic mass is 9.69. The molecule has 138 valence electrons.